The molecule has 1 fully saturated rings. The number of para-hydroxylation sites is 6. The summed E-state index contributed by atoms with van der Waals surface area (Å²) in [5.41, 5.74) is 8.87. The second-order valence-electron chi connectivity index (χ2n) is 14.7. The molecule has 11 heteroatoms. The maximum atomic E-state index is 13.3. The van der Waals surface area contributed by atoms with Crippen LogP contribution in [0.25, 0.3) is 66.9 Å². The van der Waals surface area contributed by atoms with Gasteiger partial charge < -0.3 is 13.7 Å². The molecule has 0 amide bonds. The molecule has 3 heterocycles. The smallest absolute Gasteiger partial charge is 0.277 e. The molecule has 61 heavy (non-hydrogen) atoms. The third kappa shape index (κ3) is 8.27. The van der Waals surface area contributed by atoms with Gasteiger partial charge in [-0.1, -0.05) is 66.7 Å². The molecule has 10 rings (SSSR count). The zero-order valence-corrected chi connectivity index (χ0v) is 33.9. The van der Waals surface area contributed by atoms with E-state index in [1.165, 1.54) is 24.3 Å². The van der Waals surface area contributed by atoms with Crippen LogP contribution in [-0.2, 0) is 13.1 Å². The summed E-state index contributed by atoms with van der Waals surface area (Å²) in [6.45, 7) is 6.76. The predicted molar refractivity (Wildman–Crippen MR) is 239 cm³/mol. The van der Waals surface area contributed by atoms with Crippen LogP contribution >= 0.6 is 0 Å². The van der Waals surface area contributed by atoms with Crippen molar-refractivity contribution in [1.82, 2.24) is 28.7 Å². The lowest BCUT2D eigenvalue weighted by atomic mass is 10.1. The summed E-state index contributed by atoms with van der Waals surface area (Å²) in [6.07, 6.45) is 2.17. The predicted octanol–water partition coefficient (Wildman–Crippen LogP) is 10.2. The van der Waals surface area contributed by atoms with Crippen LogP contribution in [-0.4, -0.2) is 28.7 Å². The van der Waals surface area contributed by atoms with E-state index in [1.54, 1.807) is 34.3 Å². The topological polar surface area (TPSA) is 105 Å². The Morgan fingerprint density at radius 1 is 0.508 bits per heavy atom. The van der Waals surface area contributed by atoms with E-state index in [4.69, 9.17) is 0 Å². The fraction of sp³-hybridized carbons (Fsp3) is 0.160. The zero-order valence-electron chi connectivity index (χ0n) is 33.9. The standard InChI is InChI=1S/C17H15FN2O.C17H14N2O.C16H13FN2O/c1-3-20-15-7-5-4-6-14(15)19-16(17(20)21)13-9-8-12(18)10-11(13)2;20-17-16(12-6-2-1-3-7-12)18-14-8-4-5-9-15(14)19(17)13-10-11-13;1-2-19-14-6-4-3-5-13(14)18-15(16(19)20)11-7-9-12(17)10-8-11/h4-10H,3H2,1-2H3;1-9,13H,10-11H2;3-10H,2H2,1H3. The van der Waals surface area contributed by atoms with Gasteiger partial charge in [-0.2, -0.15) is 0 Å². The Hall–Kier alpha value is -7.40. The summed E-state index contributed by atoms with van der Waals surface area (Å²) in [5.74, 6) is -0.641. The molecule has 0 aliphatic heterocycles. The third-order valence-corrected chi connectivity index (χ3v) is 10.7. The van der Waals surface area contributed by atoms with Crippen LogP contribution in [0.1, 0.15) is 38.3 Å². The molecule has 9 nitrogen and oxygen atoms in total. The Kier molecular flexibility index (Phi) is 11.5. The summed E-state index contributed by atoms with van der Waals surface area (Å²) < 4.78 is 31.6. The van der Waals surface area contributed by atoms with E-state index in [-0.39, 0.29) is 28.3 Å². The fourth-order valence-corrected chi connectivity index (χ4v) is 7.51. The van der Waals surface area contributed by atoms with E-state index in [2.05, 4.69) is 15.0 Å². The maximum absolute atomic E-state index is 13.3. The van der Waals surface area contributed by atoms with E-state index >= 15 is 0 Å². The minimum absolute atomic E-state index is 0.0254. The summed E-state index contributed by atoms with van der Waals surface area (Å²) in [5, 5.41) is 0. The normalized spacial score (nSPS) is 12.1. The first-order chi connectivity index (χ1) is 29.7. The molecule has 304 valence electrons. The molecule has 0 spiro atoms. The number of aryl methyl sites for hydroxylation is 3. The van der Waals surface area contributed by atoms with Gasteiger partial charge in [-0.15, -0.1) is 0 Å². The van der Waals surface area contributed by atoms with Crippen LogP contribution in [0.2, 0.25) is 0 Å². The minimum atomic E-state index is -0.328. The first-order valence-electron chi connectivity index (χ1n) is 20.2. The quantitative estimate of drug-likeness (QED) is 0.166. The summed E-state index contributed by atoms with van der Waals surface area (Å²) in [4.78, 5) is 51.4. The van der Waals surface area contributed by atoms with Crippen LogP contribution in [0.4, 0.5) is 8.78 Å². The molecule has 6 aromatic carbocycles. The summed E-state index contributed by atoms with van der Waals surface area (Å²) in [6, 6.07) is 43.2. The van der Waals surface area contributed by atoms with Crippen LogP contribution in [0.5, 0.6) is 0 Å². The molecule has 0 radical (unpaired) electrons. The number of hydrogen-bond acceptors (Lipinski definition) is 6. The second kappa shape index (κ2) is 17.4. The third-order valence-electron chi connectivity index (χ3n) is 10.7. The lowest BCUT2D eigenvalue weighted by Crippen LogP contribution is -2.23. The number of halogens is 2. The van der Waals surface area contributed by atoms with Gasteiger partial charge in [-0.25, -0.2) is 23.7 Å². The van der Waals surface area contributed by atoms with Crippen LogP contribution in [0, 0.1) is 18.6 Å². The molecular weight excluding hydrogens is 771 g/mol. The summed E-state index contributed by atoms with van der Waals surface area (Å²) >= 11 is 0. The highest BCUT2D eigenvalue weighted by Crippen LogP contribution is 2.36. The van der Waals surface area contributed by atoms with Crippen LogP contribution in [0.3, 0.4) is 0 Å². The Labute approximate surface area is 349 Å². The maximum Gasteiger partial charge on any atom is 0.277 e. The Bertz CT molecular complexity index is 3230. The second-order valence-corrected chi connectivity index (χ2v) is 14.7. The van der Waals surface area contributed by atoms with Gasteiger partial charge in [-0.3, -0.25) is 14.4 Å². The van der Waals surface area contributed by atoms with Crippen molar-refractivity contribution in [2.24, 2.45) is 0 Å². The van der Waals surface area contributed by atoms with Crippen molar-refractivity contribution in [2.75, 3.05) is 0 Å². The van der Waals surface area contributed by atoms with Crippen molar-refractivity contribution >= 4 is 33.1 Å². The lowest BCUT2D eigenvalue weighted by Gasteiger charge is -2.11. The van der Waals surface area contributed by atoms with Gasteiger partial charge in [0.1, 0.15) is 28.7 Å². The van der Waals surface area contributed by atoms with Gasteiger partial charge in [0.25, 0.3) is 16.7 Å². The fourth-order valence-electron chi connectivity index (χ4n) is 7.51. The van der Waals surface area contributed by atoms with Crippen LogP contribution < -0.4 is 16.7 Å². The molecule has 0 atom stereocenters. The molecule has 1 saturated carbocycles. The van der Waals surface area contributed by atoms with Gasteiger partial charge in [0.2, 0.25) is 0 Å². The highest BCUT2D eigenvalue weighted by atomic mass is 19.1. The first-order valence-corrected chi connectivity index (χ1v) is 20.2. The average Bonchev–Trinajstić information content (AvgIpc) is 4.13. The van der Waals surface area contributed by atoms with Crippen molar-refractivity contribution in [3.63, 3.8) is 0 Å². The van der Waals surface area contributed by atoms with Gasteiger partial charge in [0.05, 0.1) is 33.1 Å². The van der Waals surface area contributed by atoms with Crippen molar-refractivity contribution in [3.8, 4) is 33.8 Å². The minimum Gasteiger partial charge on any atom is -0.305 e. The molecule has 0 unspecified atom stereocenters. The highest BCUT2D eigenvalue weighted by Gasteiger charge is 2.28. The lowest BCUT2D eigenvalue weighted by molar-refractivity contribution is 0.626. The molecule has 0 bridgehead atoms. The molecule has 9 aromatic rings. The van der Waals surface area contributed by atoms with Crippen molar-refractivity contribution in [2.45, 2.75) is 52.7 Å². The molecule has 1 aliphatic carbocycles. The number of hydrogen-bond donors (Lipinski definition) is 0. The monoisotopic (exact) mass is 812 g/mol. The van der Waals surface area contributed by atoms with Crippen molar-refractivity contribution in [3.05, 3.63) is 194 Å². The van der Waals surface area contributed by atoms with Crippen molar-refractivity contribution < 1.29 is 8.78 Å². The van der Waals surface area contributed by atoms with E-state index in [0.717, 1.165) is 51.5 Å². The summed E-state index contributed by atoms with van der Waals surface area (Å²) in [7, 11) is 0. The van der Waals surface area contributed by atoms with Gasteiger partial charge in [-0.05, 0) is 118 Å². The number of nitrogens with zero attached hydrogens (tertiary/aromatic N) is 6. The molecule has 1 aliphatic rings. The van der Waals surface area contributed by atoms with E-state index in [9.17, 15) is 23.2 Å². The van der Waals surface area contributed by atoms with E-state index in [0.29, 0.717) is 52.9 Å². The van der Waals surface area contributed by atoms with E-state index < -0.39 is 0 Å². The van der Waals surface area contributed by atoms with Crippen LogP contribution in [0.15, 0.2) is 160 Å². The number of fused-ring (bicyclic) bond motifs is 3. The van der Waals surface area contributed by atoms with Crippen molar-refractivity contribution in [1.29, 1.82) is 0 Å². The first kappa shape index (κ1) is 40.4. The highest BCUT2D eigenvalue weighted by molar-refractivity contribution is 5.80. The Morgan fingerprint density at radius 3 is 1.49 bits per heavy atom. The molecule has 0 saturated heterocycles. The van der Waals surface area contributed by atoms with Gasteiger partial charge in [0.15, 0.2) is 0 Å². The van der Waals surface area contributed by atoms with E-state index in [1.807, 2.05) is 122 Å². The zero-order chi connectivity index (χ0) is 42.6. The van der Waals surface area contributed by atoms with Gasteiger partial charge >= 0.3 is 0 Å². The molecular formula is C50H42F2N6O3. The molecule has 3 aromatic heterocycles. The SMILES string of the molecule is CCn1c(=O)c(-c2ccc(F)cc2)nc2ccccc21.CCn1c(=O)c(-c2ccc(F)cc2C)nc2ccccc21.O=c1c(-c2ccccc2)nc2ccccc2n1C1CC1. The van der Waals surface area contributed by atoms with Gasteiger partial charge in [0, 0.05) is 35.8 Å². The number of aromatic nitrogens is 6. The Morgan fingerprint density at radius 2 is 0.951 bits per heavy atom. The largest absolute Gasteiger partial charge is 0.305 e. The number of rotatable bonds is 6. The molecule has 0 N–H and O–H groups in total. The Balaban J connectivity index is 0.000000126. The number of benzene rings is 6. The average molecular weight is 813 g/mol.